The summed E-state index contributed by atoms with van der Waals surface area (Å²) in [6.45, 7) is 1.85. The number of amides is 1. The molecule has 0 atom stereocenters. The Bertz CT molecular complexity index is 769. The Morgan fingerprint density at radius 1 is 1.22 bits per heavy atom. The number of rotatable bonds is 3. The van der Waals surface area contributed by atoms with Crippen LogP contribution in [-0.2, 0) is 16.8 Å². The van der Waals surface area contributed by atoms with Gasteiger partial charge in [-0.2, -0.15) is 0 Å². The summed E-state index contributed by atoms with van der Waals surface area (Å²) in [5, 5.41) is 3.89. The average molecular weight is 329 g/mol. The molecule has 4 rings (SSSR count). The van der Waals surface area contributed by atoms with Gasteiger partial charge in [-0.1, -0.05) is 29.8 Å². The number of halogens is 1. The summed E-state index contributed by atoms with van der Waals surface area (Å²) in [4.78, 5) is 14.9. The molecule has 2 aliphatic rings. The third-order valence-corrected chi connectivity index (χ3v) is 5.08. The summed E-state index contributed by atoms with van der Waals surface area (Å²) in [7, 11) is 1.64. The minimum absolute atomic E-state index is 0.134. The topological polar surface area (TPSA) is 41.6 Å². The molecule has 1 amide bonds. The first kappa shape index (κ1) is 14.5. The van der Waals surface area contributed by atoms with Crippen molar-refractivity contribution >= 4 is 23.2 Å². The first-order chi connectivity index (χ1) is 11.2. The number of carbonyl (C=O) groups excluding carboxylic acids is 1. The number of benzene rings is 2. The molecule has 2 aromatic carbocycles. The zero-order valence-corrected chi connectivity index (χ0v) is 13.6. The molecule has 23 heavy (non-hydrogen) atoms. The highest BCUT2D eigenvalue weighted by Crippen LogP contribution is 2.48. The highest BCUT2D eigenvalue weighted by molar-refractivity contribution is 6.33. The predicted octanol–water partition coefficient (Wildman–Crippen LogP) is 2.74. The fraction of sp³-hybridized carbons (Fsp3) is 0.278. The maximum Gasteiger partial charge on any atom is 0.240 e. The van der Waals surface area contributed by atoms with E-state index >= 15 is 0 Å². The third kappa shape index (κ3) is 2.06. The number of fused-ring (bicyclic) bond motifs is 2. The van der Waals surface area contributed by atoms with Crippen molar-refractivity contribution in [2.24, 2.45) is 0 Å². The zero-order chi connectivity index (χ0) is 16.0. The minimum Gasteiger partial charge on any atom is -0.497 e. The Morgan fingerprint density at radius 3 is 2.57 bits per heavy atom. The quantitative estimate of drug-likeness (QED) is 0.942. The normalized spacial score (nSPS) is 18.0. The van der Waals surface area contributed by atoms with Crippen molar-refractivity contribution in [3.8, 4) is 5.75 Å². The molecule has 1 saturated heterocycles. The van der Waals surface area contributed by atoms with Crippen LogP contribution in [0.15, 0.2) is 42.5 Å². The van der Waals surface area contributed by atoms with Crippen LogP contribution in [0, 0.1) is 0 Å². The van der Waals surface area contributed by atoms with E-state index in [1.165, 1.54) is 0 Å². The second-order valence-electron chi connectivity index (χ2n) is 6.06. The molecule has 1 fully saturated rings. The van der Waals surface area contributed by atoms with E-state index in [-0.39, 0.29) is 5.91 Å². The number of methoxy groups -OCH3 is 1. The fourth-order valence-corrected chi connectivity index (χ4v) is 3.81. The molecule has 4 nitrogen and oxygen atoms in total. The largest absolute Gasteiger partial charge is 0.497 e. The van der Waals surface area contributed by atoms with Gasteiger partial charge in [-0.25, -0.2) is 0 Å². The van der Waals surface area contributed by atoms with E-state index < -0.39 is 5.41 Å². The summed E-state index contributed by atoms with van der Waals surface area (Å²) in [5.41, 5.74) is 2.48. The first-order valence-corrected chi connectivity index (χ1v) is 7.98. The van der Waals surface area contributed by atoms with Gasteiger partial charge in [-0.3, -0.25) is 4.79 Å². The molecule has 5 heteroatoms. The Labute approximate surface area is 140 Å². The van der Waals surface area contributed by atoms with Gasteiger partial charge in [-0.15, -0.1) is 0 Å². The average Bonchev–Trinajstić information content (AvgIpc) is 2.79. The van der Waals surface area contributed by atoms with E-state index in [2.05, 4.69) is 5.32 Å². The Kier molecular flexibility index (Phi) is 3.32. The zero-order valence-electron chi connectivity index (χ0n) is 12.8. The SMILES string of the molecule is COc1ccc(CN2C(=O)C3(CNC3)c3c(Cl)cccc32)cc1. The van der Waals surface area contributed by atoms with Gasteiger partial charge in [0.2, 0.25) is 5.91 Å². The molecule has 2 heterocycles. The number of carbonyl (C=O) groups is 1. The lowest BCUT2D eigenvalue weighted by Crippen LogP contribution is -2.62. The highest BCUT2D eigenvalue weighted by Gasteiger charge is 2.55. The molecule has 0 aliphatic carbocycles. The van der Waals surface area contributed by atoms with Crippen LogP contribution in [0.2, 0.25) is 5.02 Å². The molecule has 2 aromatic rings. The summed E-state index contributed by atoms with van der Waals surface area (Å²) in [5.74, 6) is 0.944. The number of hydrogen-bond acceptors (Lipinski definition) is 3. The number of nitrogens with one attached hydrogen (secondary N) is 1. The second kappa shape index (κ2) is 5.25. The lowest BCUT2D eigenvalue weighted by atomic mass is 9.76. The van der Waals surface area contributed by atoms with Crippen LogP contribution in [0.3, 0.4) is 0 Å². The third-order valence-electron chi connectivity index (χ3n) is 4.77. The number of hydrogen-bond donors (Lipinski definition) is 1. The van der Waals surface area contributed by atoms with Crippen LogP contribution < -0.4 is 15.0 Å². The van der Waals surface area contributed by atoms with E-state index in [0.29, 0.717) is 24.7 Å². The maximum atomic E-state index is 13.0. The van der Waals surface area contributed by atoms with Crippen LogP contribution in [-0.4, -0.2) is 26.1 Å². The smallest absolute Gasteiger partial charge is 0.240 e. The molecule has 2 aliphatic heterocycles. The minimum atomic E-state index is -0.486. The van der Waals surface area contributed by atoms with E-state index in [4.69, 9.17) is 16.3 Å². The van der Waals surface area contributed by atoms with E-state index in [1.54, 1.807) is 7.11 Å². The number of nitrogens with zero attached hydrogens (tertiary/aromatic N) is 1. The summed E-state index contributed by atoms with van der Waals surface area (Å²) < 4.78 is 5.19. The van der Waals surface area contributed by atoms with Crippen molar-refractivity contribution in [2.45, 2.75) is 12.0 Å². The second-order valence-corrected chi connectivity index (χ2v) is 6.47. The van der Waals surface area contributed by atoms with Gasteiger partial charge in [0.15, 0.2) is 0 Å². The van der Waals surface area contributed by atoms with Crippen LogP contribution >= 0.6 is 11.6 Å². The summed E-state index contributed by atoms with van der Waals surface area (Å²) in [6.07, 6.45) is 0. The number of anilines is 1. The molecule has 1 N–H and O–H groups in total. The predicted molar refractivity (Wildman–Crippen MR) is 90.2 cm³/mol. The first-order valence-electron chi connectivity index (χ1n) is 7.60. The van der Waals surface area contributed by atoms with Gasteiger partial charge >= 0.3 is 0 Å². The molecule has 118 valence electrons. The van der Waals surface area contributed by atoms with Gasteiger partial charge < -0.3 is 15.0 Å². The van der Waals surface area contributed by atoms with Gasteiger partial charge in [0.25, 0.3) is 0 Å². The van der Waals surface area contributed by atoms with Crippen molar-refractivity contribution < 1.29 is 9.53 Å². The van der Waals surface area contributed by atoms with Crippen LogP contribution in [0.5, 0.6) is 5.75 Å². The fourth-order valence-electron chi connectivity index (χ4n) is 3.46. The highest BCUT2D eigenvalue weighted by atomic mass is 35.5. The van der Waals surface area contributed by atoms with Crippen molar-refractivity contribution in [1.29, 1.82) is 0 Å². The Morgan fingerprint density at radius 2 is 1.96 bits per heavy atom. The molecular weight excluding hydrogens is 312 g/mol. The van der Waals surface area contributed by atoms with Crippen LogP contribution in [0.25, 0.3) is 0 Å². The van der Waals surface area contributed by atoms with Crippen LogP contribution in [0.4, 0.5) is 5.69 Å². The van der Waals surface area contributed by atoms with Crippen molar-refractivity contribution in [1.82, 2.24) is 5.32 Å². The lowest BCUT2D eigenvalue weighted by molar-refractivity contribution is -0.125. The standard InChI is InChI=1S/C18H17ClN2O2/c1-23-13-7-5-12(6-8-13)9-21-15-4-2-3-14(19)16(15)18(17(21)22)10-20-11-18/h2-8,20H,9-11H2,1H3. The van der Waals surface area contributed by atoms with Crippen molar-refractivity contribution in [3.05, 3.63) is 58.6 Å². The van der Waals surface area contributed by atoms with Crippen molar-refractivity contribution in [3.63, 3.8) is 0 Å². The monoisotopic (exact) mass is 328 g/mol. The Hall–Kier alpha value is -2.04. The molecule has 0 saturated carbocycles. The molecule has 0 unspecified atom stereocenters. The Balaban J connectivity index is 1.72. The molecule has 1 spiro atoms. The van der Waals surface area contributed by atoms with E-state index in [9.17, 15) is 4.79 Å². The van der Waals surface area contributed by atoms with E-state index in [1.807, 2.05) is 47.4 Å². The lowest BCUT2D eigenvalue weighted by Gasteiger charge is -2.38. The summed E-state index contributed by atoms with van der Waals surface area (Å²) >= 11 is 6.42. The van der Waals surface area contributed by atoms with Gasteiger partial charge in [-0.05, 0) is 29.8 Å². The molecular formula is C18H17ClN2O2. The summed E-state index contributed by atoms with van der Waals surface area (Å²) in [6, 6.07) is 13.5. The molecule has 0 radical (unpaired) electrons. The van der Waals surface area contributed by atoms with Crippen molar-refractivity contribution in [2.75, 3.05) is 25.1 Å². The van der Waals surface area contributed by atoms with Gasteiger partial charge in [0.1, 0.15) is 11.2 Å². The van der Waals surface area contributed by atoms with Gasteiger partial charge in [0.05, 0.1) is 13.7 Å². The van der Waals surface area contributed by atoms with Gasteiger partial charge in [0, 0.05) is 29.4 Å². The van der Waals surface area contributed by atoms with Crippen LogP contribution in [0.1, 0.15) is 11.1 Å². The van der Waals surface area contributed by atoms with E-state index in [0.717, 1.165) is 22.6 Å². The number of ether oxygens (including phenoxy) is 1. The molecule has 0 bridgehead atoms. The molecule has 0 aromatic heterocycles. The maximum absolute atomic E-state index is 13.0.